The first-order valence-corrected chi connectivity index (χ1v) is 7.73. The normalized spacial score (nSPS) is 24.1. The molecule has 1 aliphatic rings. The summed E-state index contributed by atoms with van der Waals surface area (Å²) in [6.07, 6.45) is 5.38. The predicted octanol–water partition coefficient (Wildman–Crippen LogP) is 2.81. The molecule has 3 nitrogen and oxygen atoms in total. The molecule has 0 radical (unpaired) electrons. The summed E-state index contributed by atoms with van der Waals surface area (Å²) in [7, 11) is 0. The smallest absolute Gasteiger partial charge is 0.220 e. The number of benzene rings is 1. The number of hydrogen-bond acceptors (Lipinski definition) is 2. The maximum atomic E-state index is 11.9. The molecule has 1 aromatic carbocycles. The summed E-state index contributed by atoms with van der Waals surface area (Å²) in [5, 5.41) is 2.96. The van der Waals surface area contributed by atoms with Gasteiger partial charge in [0.1, 0.15) is 0 Å². The third-order valence-corrected chi connectivity index (χ3v) is 4.35. The summed E-state index contributed by atoms with van der Waals surface area (Å²) in [5.74, 6) is 1.38. The molecular formula is C17H26N2O. The van der Waals surface area contributed by atoms with Gasteiger partial charge in [-0.2, -0.15) is 0 Å². The summed E-state index contributed by atoms with van der Waals surface area (Å²) < 4.78 is 0. The topological polar surface area (TPSA) is 55.1 Å². The maximum Gasteiger partial charge on any atom is 0.220 e. The van der Waals surface area contributed by atoms with Crippen LogP contribution in [0.4, 0.5) is 0 Å². The van der Waals surface area contributed by atoms with Crippen LogP contribution in [0.2, 0.25) is 0 Å². The lowest BCUT2D eigenvalue weighted by molar-refractivity contribution is -0.122. The molecule has 1 saturated carbocycles. The van der Waals surface area contributed by atoms with Gasteiger partial charge in [0.05, 0.1) is 0 Å². The fourth-order valence-electron chi connectivity index (χ4n) is 3.08. The highest BCUT2D eigenvalue weighted by atomic mass is 16.1. The second-order valence-corrected chi connectivity index (χ2v) is 6.04. The molecule has 1 fully saturated rings. The Morgan fingerprint density at radius 1 is 1.25 bits per heavy atom. The number of nitrogens with one attached hydrogen (secondary N) is 1. The van der Waals surface area contributed by atoms with E-state index in [1.165, 1.54) is 18.4 Å². The van der Waals surface area contributed by atoms with E-state index in [0.717, 1.165) is 12.8 Å². The van der Waals surface area contributed by atoms with E-state index in [-0.39, 0.29) is 11.9 Å². The van der Waals surface area contributed by atoms with E-state index in [1.807, 2.05) is 6.92 Å². The molecule has 1 atom stereocenters. The van der Waals surface area contributed by atoms with Crippen molar-refractivity contribution >= 4 is 5.91 Å². The number of carbonyl (C=O) groups is 1. The molecule has 1 aliphatic carbocycles. The van der Waals surface area contributed by atoms with Gasteiger partial charge in [-0.1, -0.05) is 30.3 Å². The van der Waals surface area contributed by atoms with E-state index in [9.17, 15) is 4.79 Å². The van der Waals surface area contributed by atoms with Crippen LogP contribution in [-0.4, -0.2) is 18.5 Å². The Balaban J connectivity index is 1.76. The van der Waals surface area contributed by atoms with Crippen LogP contribution in [0.3, 0.4) is 0 Å². The second-order valence-electron chi connectivity index (χ2n) is 6.04. The summed E-state index contributed by atoms with van der Waals surface area (Å²) >= 11 is 0. The predicted molar refractivity (Wildman–Crippen MR) is 82.4 cm³/mol. The number of amides is 1. The van der Waals surface area contributed by atoms with Crippen molar-refractivity contribution in [2.45, 2.75) is 51.0 Å². The molecule has 0 heterocycles. The molecule has 3 N–H and O–H groups in total. The first-order chi connectivity index (χ1) is 9.69. The van der Waals surface area contributed by atoms with Crippen molar-refractivity contribution < 1.29 is 4.79 Å². The monoisotopic (exact) mass is 274 g/mol. The zero-order valence-electron chi connectivity index (χ0n) is 12.3. The molecule has 110 valence electrons. The molecule has 20 heavy (non-hydrogen) atoms. The van der Waals surface area contributed by atoms with E-state index < -0.39 is 0 Å². The molecule has 0 bridgehead atoms. The third-order valence-electron chi connectivity index (χ3n) is 4.35. The maximum absolute atomic E-state index is 11.9. The minimum absolute atomic E-state index is 0.0863. The molecule has 0 saturated heterocycles. The van der Waals surface area contributed by atoms with Crippen LogP contribution in [0.5, 0.6) is 0 Å². The van der Waals surface area contributed by atoms with Crippen LogP contribution in [0.15, 0.2) is 30.3 Å². The lowest BCUT2D eigenvalue weighted by Crippen LogP contribution is -2.38. The minimum Gasteiger partial charge on any atom is -0.352 e. The fourth-order valence-corrected chi connectivity index (χ4v) is 3.08. The highest BCUT2D eigenvalue weighted by molar-refractivity contribution is 5.76. The van der Waals surface area contributed by atoms with Crippen molar-refractivity contribution in [2.75, 3.05) is 6.54 Å². The fraction of sp³-hybridized carbons (Fsp3) is 0.588. The van der Waals surface area contributed by atoms with Crippen LogP contribution in [-0.2, 0) is 4.79 Å². The van der Waals surface area contributed by atoms with Gasteiger partial charge >= 0.3 is 0 Å². The highest BCUT2D eigenvalue weighted by Crippen LogP contribution is 2.36. The van der Waals surface area contributed by atoms with Gasteiger partial charge in [0.15, 0.2) is 0 Å². The Morgan fingerprint density at radius 2 is 1.90 bits per heavy atom. The molecule has 1 aromatic rings. The van der Waals surface area contributed by atoms with Crippen molar-refractivity contribution in [3.63, 3.8) is 0 Å². The van der Waals surface area contributed by atoms with Crippen molar-refractivity contribution in [3.05, 3.63) is 35.9 Å². The highest BCUT2D eigenvalue weighted by Gasteiger charge is 2.24. The quantitative estimate of drug-likeness (QED) is 0.867. The van der Waals surface area contributed by atoms with E-state index in [4.69, 9.17) is 5.73 Å². The van der Waals surface area contributed by atoms with Gasteiger partial charge in [-0.3, -0.25) is 4.79 Å². The average Bonchev–Trinajstić information content (AvgIpc) is 2.48. The zero-order valence-corrected chi connectivity index (χ0v) is 12.3. The minimum atomic E-state index is 0.0863. The van der Waals surface area contributed by atoms with Gasteiger partial charge in [-0.25, -0.2) is 0 Å². The molecule has 3 heteroatoms. The first kappa shape index (κ1) is 15.0. The van der Waals surface area contributed by atoms with Gasteiger partial charge in [0, 0.05) is 19.0 Å². The number of rotatable bonds is 5. The van der Waals surface area contributed by atoms with E-state index >= 15 is 0 Å². The standard InChI is InChI=1S/C17H26N2O/c1-13(12-18)19-17(20)11-14-7-9-16(10-8-14)15-5-3-2-4-6-15/h2-6,13-14,16H,7-12,18H2,1H3,(H,19,20)/t13-,14?,16?/m0/s1. The molecule has 2 rings (SSSR count). The second kappa shape index (κ2) is 7.44. The Morgan fingerprint density at radius 3 is 2.50 bits per heavy atom. The average molecular weight is 274 g/mol. The van der Waals surface area contributed by atoms with E-state index in [1.54, 1.807) is 0 Å². The van der Waals surface area contributed by atoms with Crippen LogP contribution in [0.1, 0.15) is 50.5 Å². The lowest BCUT2D eigenvalue weighted by Gasteiger charge is -2.28. The van der Waals surface area contributed by atoms with Crippen LogP contribution in [0.25, 0.3) is 0 Å². The molecule has 1 amide bonds. The van der Waals surface area contributed by atoms with Crippen molar-refractivity contribution in [1.29, 1.82) is 0 Å². The Labute approximate surface area is 121 Å². The van der Waals surface area contributed by atoms with Gasteiger partial charge in [-0.05, 0) is 50.0 Å². The Kier molecular flexibility index (Phi) is 5.60. The van der Waals surface area contributed by atoms with Crippen LogP contribution < -0.4 is 11.1 Å². The van der Waals surface area contributed by atoms with Crippen molar-refractivity contribution in [1.82, 2.24) is 5.32 Å². The van der Waals surface area contributed by atoms with E-state index in [2.05, 4.69) is 35.6 Å². The first-order valence-electron chi connectivity index (χ1n) is 7.73. The molecule has 0 aliphatic heterocycles. The molecule has 0 aromatic heterocycles. The van der Waals surface area contributed by atoms with Crippen molar-refractivity contribution in [3.8, 4) is 0 Å². The zero-order chi connectivity index (χ0) is 14.4. The number of hydrogen-bond donors (Lipinski definition) is 2. The molecular weight excluding hydrogens is 248 g/mol. The summed E-state index contributed by atoms with van der Waals surface area (Å²) in [6, 6.07) is 10.8. The van der Waals surface area contributed by atoms with Crippen molar-refractivity contribution in [2.24, 2.45) is 11.7 Å². The Hall–Kier alpha value is -1.35. The van der Waals surface area contributed by atoms with Gasteiger partial charge < -0.3 is 11.1 Å². The lowest BCUT2D eigenvalue weighted by atomic mass is 9.77. The van der Waals surface area contributed by atoms with E-state index in [0.29, 0.717) is 24.8 Å². The number of carbonyl (C=O) groups excluding carboxylic acids is 1. The van der Waals surface area contributed by atoms with Gasteiger partial charge in [0.2, 0.25) is 5.91 Å². The van der Waals surface area contributed by atoms with Crippen LogP contribution >= 0.6 is 0 Å². The van der Waals surface area contributed by atoms with Gasteiger partial charge in [0.25, 0.3) is 0 Å². The largest absolute Gasteiger partial charge is 0.352 e. The Bertz CT molecular complexity index is 410. The van der Waals surface area contributed by atoms with Gasteiger partial charge in [-0.15, -0.1) is 0 Å². The molecule has 0 unspecified atom stereocenters. The molecule has 0 spiro atoms. The van der Waals surface area contributed by atoms with Crippen LogP contribution in [0, 0.1) is 5.92 Å². The third kappa shape index (κ3) is 4.34. The summed E-state index contributed by atoms with van der Waals surface area (Å²) in [5.41, 5.74) is 6.97. The summed E-state index contributed by atoms with van der Waals surface area (Å²) in [4.78, 5) is 11.9. The SMILES string of the molecule is C[C@@H](CN)NC(=O)CC1CCC(c2ccccc2)CC1. The summed E-state index contributed by atoms with van der Waals surface area (Å²) in [6.45, 7) is 2.46. The number of nitrogens with two attached hydrogens (primary N) is 1.